The van der Waals surface area contributed by atoms with Gasteiger partial charge in [0.05, 0.1) is 18.6 Å². The van der Waals surface area contributed by atoms with Crippen molar-refractivity contribution in [1.29, 1.82) is 0 Å². The molecule has 12 nitrogen and oxygen atoms in total. The average molecular weight is 450 g/mol. The molecule has 0 radical (unpaired) electrons. The molecule has 9 N–H and O–H groups in total. The lowest BCUT2D eigenvalue weighted by Gasteiger charge is -2.26. The second kappa shape index (κ2) is 13.0. The predicted octanol–water partition coefficient (Wildman–Crippen LogP) is -2.92. The van der Waals surface area contributed by atoms with E-state index in [1.54, 1.807) is 6.92 Å². The molecule has 0 saturated carbocycles. The Morgan fingerprint density at radius 2 is 1.50 bits per heavy atom. The van der Waals surface area contributed by atoms with Crippen LogP contribution in [0.2, 0.25) is 0 Å². The van der Waals surface area contributed by atoms with E-state index in [0.717, 1.165) is 0 Å². The zero-order chi connectivity index (χ0) is 23.6. The van der Waals surface area contributed by atoms with E-state index >= 15 is 0 Å². The molecule has 0 bridgehead atoms. The number of hydrogen-bond acceptors (Lipinski definition) is 8. The molecule has 172 valence electrons. The molecule has 0 aliphatic rings. The highest BCUT2D eigenvalue weighted by molar-refractivity contribution is 7.80. The van der Waals surface area contributed by atoms with E-state index in [9.17, 15) is 29.1 Å². The standard InChI is InChI=1S/C17H31N5O7S/c1-4-7(2)12(19)15(26)21-10(6-30)14(25)22-13(8(3)23)16(27)20-9(17(28)29)5-11(18)24/h7-10,12-13,23,30H,4-6,19H2,1-3H3,(H2,18,24)(H,20,27)(H,21,26)(H,22,25)(H,28,29). The van der Waals surface area contributed by atoms with Gasteiger partial charge in [-0.2, -0.15) is 12.6 Å². The molecule has 0 saturated heterocycles. The minimum absolute atomic E-state index is 0.127. The van der Waals surface area contributed by atoms with E-state index in [0.29, 0.717) is 6.42 Å². The molecule has 0 heterocycles. The SMILES string of the molecule is CCC(C)C(N)C(=O)NC(CS)C(=O)NC(C(=O)NC(CC(N)=O)C(=O)O)C(C)O. The van der Waals surface area contributed by atoms with E-state index in [1.807, 2.05) is 12.2 Å². The van der Waals surface area contributed by atoms with Gasteiger partial charge >= 0.3 is 5.97 Å². The molecular formula is C17H31N5O7S. The summed E-state index contributed by atoms with van der Waals surface area (Å²) in [4.78, 5) is 59.2. The van der Waals surface area contributed by atoms with Crippen LogP contribution in [0.15, 0.2) is 0 Å². The number of aliphatic carboxylic acids is 1. The van der Waals surface area contributed by atoms with Crippen molar-refractivity contribution < 1.29 is 34.2 Å². The number of nitrogens with two attached hydrogens (primary N) is 2. The summed E-state index contributed by atoms with van der Waals surface area (Å²) in [6.45, 7) is 4.83. The molecule has 0 spiro atoms. The third kappa shape index (κ3) is 8.97. The zero-order valence-electron chi connectivity index (χ0n) is 17.1. The van der Waals surface area contributed by atoms with Crippen molar-refractivity contribution in [2.75, 3.05) is 5.75 Å². The highest BCUT2D eigenvalue weighted by Gasteiger charge is 2.33. The number of primary amides is 1. The fraction of sp³-hybridized carbons (Fsp3) is 0.706. The molecule has 13 heteroatoms. The lowest BCUT2D eigenvalue weighted by Crippen LogP contribution is -2.60. The van der Waals surface area contributed by atoms with E-state index < -0.39 is 66.3 Å². The fourth-order valence-corrected chi connectivity index (χ4v) is 2.55. The number of amides is 4. The van der Waals surface area contributed by atoms with Gasteiger partial charge in [0.2, 0.25) is 23.6 Å². The Labute approximate surface area is 179 Å². The maximum absolute atomic E-state index is 12.5. The summed E-state index contributed by atoms with van der Waals surface area (Å²) < 4.78 is 0. The molecule has 0 aromatic heterocycles. The lowest BCUT2D eigenvalue weighted by atomic mass is 9.99. The van der Waals surface area contributed by atoms with Gasteiger partial charge in [-0.05, 0) is 12.8 Å². The molecule has 0 aromatic carbocycles. The Bertz CT molecular complexity index is 646. The number of thiol groups is 1. The monoisotopic (exact) mass is 449 g/mol. The van der Waals surface area contributed by atoms with Gasteiger partial charge in [-0.1, -0.05) is 20.3 Å². The van der Waals surface area contributed by atoms with Crippen molar-refractivity contribution >= 4 is 42.2 Å². The Kier molecular flexibility index (Phi) is 12.0. The Balaban J connectivity index is 5.23. The number of carbonyl (C=O) groups is 5. The molecule has 4 amide bonds. The molecule has 30 heavy (non-hydrogen) atoms. The van der Waals surface area contributed by atoms with Gasteiger partial charge in [-0.15, -0.1) is 0 Å². The number of hydrogen-bond donors (Lipinski definition) is 8. The Morgan fingerprint density at radius 1 is 0.967 bits per heavy atom. The maximum Gasteiger partial charge on any atom is 0.326 e. The molecule has 0 aliphatic heterocycles. The summed E-state index contributed by atoms with van der Waals surface area (Å²) in [6.07, 6.45) is -1.45. The number of carbonyl (C=O) groups excluding carboxylic acids is 4. The summed E-state index contributed by atoms with van der Waals surface area (Å²) >= 11 is 4.01. The van der Waals surface area contributed by atoms with Crippen molar-refractivity contribution in [2.24, 2.45) is 17.4 Å². The predicted molar refractivity (Wildman–Crippen MR) is 110 cm³/mol. The molecular weight excluding hydrogens is 418 g/mol. The Hall–Kier alpha value is -2.38. The number of carboxylic acid groups (broad SMARTS) is 1. The van der Waals surface area contributed by atoms with Crippen LogP contribution < -0.4 is 27.4 Å². The first-order valence-corrected chi connectivity index (χ1v) is 9.95. The first-order chi connectivity index (χ1) is 13.8. The first-order valence-electron chi connectivity index (χ1n) is 9.32. The van der Waals surface area contributed by atoms with Crippen LogP contribution in [0.5, 0.6) is 0 Å². The van der Waals surface area contributed by atoms with E-state index in [2.05, 4.69) is 23.3 Å². The first kappa shape index (κ1) is 27.6. The van der Waals surface area contributed by atoms with E-state index in [1.165, 1.54) is 6.92 Å². The minimum Gasteiger partial charge on any atom is -0.480 e. The number of aliphatic hydroxyl groups excluding tert-OH is 1. The van der Waals surface area contributed by atoms with Gasteiger partial charge in [0.1, 0.15) is 18.1 Å². The largest absolute Gasteiger partial charge is 0.480 e. The topological polar surface area (TPSA) is 214 Å². The van der Waals surface area contributed by atoms with E-state index in [-0.39, 0.29) is 11.7 Å². The van der Waals surface area contributed by atoms with Gasteiger partial charge < -0.3 is 37.6 Å². The van der Waals surface area contributed by atoms with Gasteiger partial charge in [0.25, 0.3) is 0 Å². The molecule has 6 atom stereocenters. The van der Waals surface area contributed by atoms with Crippen LogP contribution >= 0.6 is 12.6 Å². The second-order valence-electron chi connectivity index (χ2n) is 6.95. The lowest BCUT2D eigenvalue weighted by molar-refractivity contribution is -0.144. The van der Waals surface area contributed by atoms with Crippen LogP contribution in [0.1, 0.15) is 33.6 Å². The number of rotatable bonds is 13. The molecule has 0 aromatic rings. The third-order valence-corrected chi connectivity index (χ3v) is 4.82. The molecule has 0 rings (SSSR count). The van der Waals surface area contributed by atoms with Crippen LogP contribution in [0.4, 0.5) is 0 Å². The van der Waals surface area contributed by atoms with Gasteiger partial charge in [-0.25, -0.2) is 4.79 Å². The quantitative estimate of drug-likeness (QED) is 0.136. The maximum atomic E-state index is 12.5. The number of nitrogens with one attached hydrogen (secondary N) is 3. The van der Waals surface area contributed by atoms with Crippen LogP contribution in [0.25, 0.3) is 0 Å². The summed E-state index contributed by atoms with van der Waals surface area (Å²) in [5.41, 5.74) is 10.8. The third-order valence-electron chi connectivity index (χ3n) is 4.46. The molecule has 0 aliphatic carbocycles. The number of carboxylic acids is 1. The van der Waals surface area contributed by atoms with Gasteiger partial charge in [0.15, 0.2) is 0 Å². The highest BCUT2D eigenvalue weighted by Crippen LogP contribution is 2.06. The van der Waals surface area contributed by atoms with Crippen molar-refractivity contribution in [1.82, 2.24) is 16.0 Å². The van der Waals surface area contributed by atoms with Crippen LogP contribution in [0, 0.1) is 5.92 Å². The zero-order valence-corrected chi connectivity index (χ0v) is 18.0. The summed E-state index contributed by atoms with van der Waals surface area (Å²) in [5, 5.41) is 25.6. The van der Waals surface area contributed by atoms with Crippen molar-refractivity contribution in [3.05, 3.63) is 0 Å². The fourth-order valence-electron chi connectivity index (χ4n) is 2.30. The smallest absolute Gasteiger partial charge is 0.326 e. The van der Waals surface area contributed by atoms with Gasteiger partial charge in [0, 0.05) is 5.75 Å². The minimum atomic E-state index is -1.64. The van der Waals surface area contributed by atoms with Gasteiger partial charge in [-0.3, -0.25) is 19.2 Å². The van der Waals surface area contributed by atoms with Crippen molar-refractivity contribution in [2.45, 2.75) is 63.9 Å². The van der Waals surface area contributed by atoms with E-state index in [4.69, 9.17) is 16.6 Å². The van der Waals surface area contributed by atoms with Crippen LogP contribution in [-0.4, -0.2) is 75.8 Å². The van der Waals surface area contributed by atoms with Crippen LogP contribution in [-0.2, 0) is 24.0 Å². The summed E-state index contributed by atoms with van der Waals surface area (Å²) in [5.74, 6) is -5.21. The molecule has 0 fully saturated rings. The van der Waals surface area contributed by atoms with Crippen molar-refractivity contribution in [3.63, 3.8) is 0 Å². The summed E-state index contributed by atoms with van der Waals surface area (Å²) in [6, 6.07) is -5.21. The Morgan fingerprint density at radius 3 is 1.90 bits per heavy atom. The number of aliphatic hydroxyl groups is 1. The second-order valence-corrected chi connectivity index (χ2v) is 7.32. The average Bonchev–Trinajstić information content (AvgIpc) is 2.66. The van der Waals surface area contributed by atoms with Crippen LogP contribution in [0.3, 0.4) is 0 Å². The summed E-state index contributed by atoms with van der Waals surface area (Å²) in [7, 11) is 0. The van der Waals surface area contributed by atoms with Crippen molar-refractivity contribution in [3.8, 4) is 0 Å². The normalized spacial score (nSPS) is 16.9. The highest BCUT2D eigenvalue weighted by atomic mass is 32.1. The molecule has 6 unspecified atom stereocenters.